The molecule has 0 aliphatic rings. The average molecular weight is 413 g/mol. The highest BCUT2D eigenvalue weighted by Crippen LogP contribution is 2.23. The Bertz CT molecular complexity index is 1050. The predicted octanol–water partition coefficient (Wildman–Crippen LogP) is 4.15. The smallest absolute Gasteiger partial charge is 0.361 e. The van der Waals surface area contributed by atoms with Gasteiger partial charge >= 0.3 is 5.97 Å². The van der Waals surface area contributed by atoms with Crippen LogP contribution in [0.1, 0.15) is 41.5 Å². The number of aryl methyl sites for hydroxylation is 1. The molecule has 8 heteroatoms. The molecule has 0 unspecified atom stereocenters. The summed E-state index contributed by atoms with van der Waals surface area (Å²) in [5.41, 5.74) is 2.75. The van der Waals surface area contributed by atoms with E-state index in [0.29, 0.717) is 22.1 Å². The summed E-state index contributed by atoms with van der Waals surface area (Å²) in [7, 11) is 0. The maximum Gasteiger partial charge on any atom is 0.361 e. The van der Waals surface area contributed by atoms with Gasteiger partial charge in [-0.25, -0.2) is 4.79 Å². The third kappa shape index (κ3) is 5.00. The van der Waals surface area contributed by atoms with Crippen molar-refractivity contribution < 1.29 is 14.3 Å². The summed E-state index contributed by atoms with van der Waals surface area (Å²) in [6.07, 6.45) is 0. The standard InChI is InChI=1S/C21H21ClN4O3/c1-13(2)17-9-4-5-10-18(17)23-19(27)12-29-21(28)20-14(3)24-26(25-20)16-8-6-7-15(22)11-16/h4-11,13H,12H2,1-3H3,(H,23,27). The summed E-state index contributed by atoms with van der Waals surface area (Å²) in [4.78, 5) is 25.9. The molecular formula is C21H21ClN4O3. The summed E-state index contributed by atoms with van der Waals surface area (Å²) in [6, 6.07) is 14.4. The van der Waals surface area contributed by atoms with Crippen molar-refractivity contribution in [3.05, 3.63) is 70.5 Å². The molecule has 0 radical (unpaired) electrons. The zero-order valence-electron chi connectivity index (χ0n) is 16.3. The number of carbonyl (C=O) groups excluding carboxylic acids is 2. The Morgan fingerprint density at radius 3 is 2.62 bits per heavy atom. The zero-order chi connectivity index (χ0) is 21.0. The number of nitrogens with zero attached hydrogens (tertiary/aromatic N) is 3. The number of nitrogens with one attached hydrogen (secondary N) is 1. The molecule has 29 heavy (non-hydrogen) atoms. The Hall–Kier alpha value is -3.19. The zero-order valence-corrected chi connectivity index (χ0v) is 17.1. The van der Waals surface area contributed by atoms with Crippen LogP contribution in [0.25, 0.3) is 5.69 Å². The Kier molecular flexibility index (Phi) is 6.29. The molecule has 0 aliphatic carbocycles. The third-order valence-electron chi connectivity index (χ3n) is 4.21. The topological polar surface area (TPSA) is 86.1 Å². The molecule has 0 atom stereocenters. The monoisotopic (exact) mass is 412 g/mol. The van der Waals surface area contributed by atoms with E-state index in [1.54, 1.807) is 31.2 Å². The Labute approximate surface area is 173 Å². The number of carbonyl (C=O) groups is 2. The maximum atomic E-state index is 12.4. The molecule has 0 saturated heterocycles. The van der Waals surface area contributed by atoms with Gasteiger partial charge in [-0.15, -0.1) is 5.10 Å². The molecule has 1 heterocycles. The number of ether oxygens (including phenoxy) is 1. The van der Waals surface area contributed by atoms with Crippen molar-refractivity contribution in [2.24, 2.45) is 0 Å². The third-order valence-corrected chi connectivity index (χ3v) is 4.44. The molecule has 150 valence electrons. The van der Waals surface area contributed by atoms with E-state index in [0.717, 1.165) is 5.56 Å². The van der Waals surface area contributed by atoms with Gasteiger partial charge in [0, 0.05) is 10.7 Å². The second-order valence-corrected chi connectivity index (χ2v) is 7.21. The summed E-state index contributed by atoms with van der Waals surface area (Å²) in [5, 5.41) is 11.7. The lowest BCUT2D eigenvalue weighted by molar-refractivity contribution is -0.119. The summed E-state index contributed by atoms with van der Waals surface area (Å²) in [5.74, 6) is -0.896. The molecule has 3 rings (SSSR count). The molecule has 0 bridgehead atoms. The van der Waals surface area contributed by atoms with E-state index in [2.05, 4.69) is 15.5 Å². The van der Waals surface area contributed by atoms with E-state index in [-0.39, 0.29) is 11.6 Å². The highest BCUT2D eigenvalue weighted by atomic mass is 35.5. The number of hydrogen-bond acceptors (Lipinski definition) is 5. The van der Waals surface area contributed by atoms with Crippen molar-refractivity contribution in [2.75, 3.05) is 11.9 Å². The first-order valence-corrected chi connectivity index (χ1v) is 9.48. The maximum absolute atomic E-state index is 12.4. The normalized spacial score (nSPS) is 10.8. The lowest BCUT2D eigenvalue weighted by atomic mass is 10.0. The van der Waals surface area contributed by atoms with E-state index in [4.69, 9.17) is 16.3 Å². The lowest BCUT2D eigenvalue weighted by Gasteiger charge is -2.13. The van der Waals surface area contributed by atoms with Crippen molar-refractivity contribution >= 4 is 29.2 Å². The van der Waals surface area contributed by atoms with Gasteiger partial charge in [0.25, 0.3) is 5.91 Å². The fourth-order valence-corrected chi connectivity index (χ4v) is 2.97. The fraction of sp³-hybridized carbons (Fsp3) is 0.238. The van der Waals surface area contributed by atoms with Crippen LogP contribution in [0, 0.1) is 6.92 Å². The summed E-state index contributed by atoms with van der Waals surface area (Å²) >= 11 is 5.98. The van der Waals surface area contributed by atoms with Crippen LogP contribution in [-0.4, -0.2) is 33.5 Å². The number of para-hydroxylation sites is 1. The van der Waals surface area contributed by atoms with Crippen LogP contribution in [0.5, 0.6) is 0 Å². The number of rotatable bonds is 6. The molecule has 0 spiro atoms. The largest absolute Gasteiger partial charge is 0.451 e. The summed E-state index contributed by atoms with van der Waals surface area (Å²) in [6.45, 7) is 5.30. The molecule has 3 aromatic rings. The van der Waals surface area contributed by atoms with Gasteiger partial charge in [-0.05, 0) is 42.7 Å². The van der Waals surface area contributed by atoms with Gasteiger partial charge < -0.3 is 10.1 Å². The minimum atomic E-state index is -0.719. The number of amides is 1. The minimum absolute atomic E-state index is 0.0420. The SMILES string of the molecule is Cc1nn(-c2cccc(Cl)c2)nc1C(=O)OCC(=O)Nc1ccccc1C(C)C. The number of anilines is 1. The highest BCUT2D eigenvalue weighted by Gasteiger charge is 2.19. The molecule has 1 aromatic heterocycles. The van der Waals surface area contributed by atoms with Gasteiger partial charge in [0.1, 0.15) is 0 Å². The van der Waals surface area contributed by atoms with E-state index in [1.165, 1.54) is 4.80 Å². The number of halogens is 1. The molecule has 0 fully saturated rings. The first kappa shape index (κ1) is 20.5. The molecule has 0 aliphatic heterocycles. The van der Waals surface area contributed by atoms with Crippen molar-refractivity contribution in [1.29, 1.82) is 0 Å². The number of esters is 1. The minimum Gasteiger partial charge on any atom is -0.451 e. The summed E-state index contributed by atoms with van der Waals surface area (Å²) < 4.78 is 5.12. The molecule has 1 N–H and O–H groups in total. The molecule has 7 nitrogen and oxygen atoms in total. The van der Waals surface area contributed by atoms with Crippen molar-refractivity contribution in [3.63, 3.8) is 0 Å². The number of benzene rings is 2. The van der Waals surface area contributed by atoms with Crippen molar-refractivity contribution in [1.82, 2.24) is 15.0 Å². The molecule has 1 amide bonds. The second-order valence-electron chi connectivity index (χ2n) is 6.77. The van der Waals surface area contributed by atoms with Crippen LogP contribution < -0.4 is 5.32 Å². The number of hydrogen-bond donors (Lipinski definition) is 1. The lowest BCUT2D eigenvalue weighted by Crippen LogP contribution is -2.22. The van der Waals surface area contributed by atoms with Gasteiger partial charge in [-0.3, -0.25) is 4.79 Å². The highest BCUT2D eigenvalue weighted by molar-refractivity contribution is 6.30. The van der Waals surface area contributed by atoms with Crippen molar-refractivity contribution in [2.45, 2.75) is 26.7 Å². The van der Waals surface area contributed by atoms with Crippen LogP contribution in [0.4, 0.5) is 5.69 Å². The van der Waals surface area contributed by atoms with Gasteiger partial charge in [-0.1, -0.05) is 49.7 Å². The van der Waals surface area contributed by atoms with Gasteiger partial charge in [0.2, 0.25) is 0 Å². The molecule has 0 saturated carbocycles. The fourth-order valence-electron chi connectivity index (χ4n) is 2.78. The van der Waals surface area contributed by atoms with E-state index in [1.807, 2.05) is 38.1 Å². The Balaban J connectivity index is 1.65. The second kappa shape index (κ2) is 8.87. The van der Waals surface area contributed by atoms with E-state index < -0.39 is 18.5 Å². The van der Waals surface area contributed by atoms with Gasteiger partial charge in [0.15, 0.2) is 12.3 Å². The average Bonchev–Trinajstić information content (AvgIpc) is 3.08. The Morgan fingerprint density at radius 1 is 1.14 bits per heavy atom. The molecular weight excluding hydrogens is 392 g/mol. The first-order valence-electron chi connectivity index (χ1n) is 9.11. The number of aromatic nitrogens is 3. The van der Waals surface area contributed by atoms with Crippen LogP contribution >= 0.6 is 11.6 Å². The van der Waals surface area contributed by atoms with Crippen LogP contribution in [0.15, 0.2) is 48.5 Å². The Morgan fingerprint density at radius 2 is 1.90 bits per heavy atom. The van der Waals surface area contributed by atoms with E-state index >= 15 is 0 Å². The van der Waals surface area contributed by atoms with Crippen molar-refractivity contribution in [3.8, 4) is 5.69 Å². The van der Waals surface area contributed by atoms with Crippen LogP contribution in [-0.2, 0) is 9.53 Å². The van der Waals surface area contributed by atoms with Crippen LogP contribution in [0.3, 0.4) is 0 Å². The first-order chi connectivity index (χ1) is 13.8. The van der Waals surface area contributed by atoms with E-state index in [9.17, 15) is 9.59 Å². The van der Waals surface area contributed by atoms with Gasteiger partial charge in [0.05, 0.1) is 11.4 Å². The quantitative estimate of drug-likeness (QED) is 0.614. The van der Waals surface area contributed by atoms with Crippen LogP contribution in [0.2, 0.25) is 5.02 Å². The molecule has 2 aromatic carbocycles. The predicted molar refractivity (Wildman–Crippen MR) is 111 cm³/mol. The van der Waals surface area contributed by atoms with Gasteiger partial charge in [-0.2, -0.15) is 9.90 Å².